The van der Waals surface area contributed by atoms with Crippen molar-refractivity contribution in [2.45, 2.75) is 0 Å². The van der Waals surface area contributed by atoms with E-state index in [-0.39, 0.29) is 22.4 Å². The molecule has 28 heavy (non-hydrogen) atoms. The zero-order valence-electron chi connectivity index (χ0n) is 14.0. The Labute approximate surface area is 166 Å². The van der Waals surface area contributed by atoms with Gasteiger partial charge in [0.2, 0.25) is 0 Å². The largest absolute Gasteiger partial charge is 0.280 e. The maximum absolute atomic E-state index is 12.9. The summed E-state index contributed by atoms with van der Waals surface area (Å²) in [5, 5.41) is 12.5. The second kappa shape index (κ2) is 6.54. The first-order chi connectivity index (χ1) is 13.4. The summed E-state index contributed by atoms with van der Waals surface area (Å²) in [4.78, 5) is 48.7. The average molecular weight is 440 g/mol. The third kappa shape index (κ3) is 2.81. The molecule has 0 saturated carbocycles. The second-order valence-corrected chi connectivity index (χ2v) is 6.96. The summed E-state index contributed by atoms with van der Waals surface area (Å²) in [6.45, 7) is 0. The van der Waals surface area contributed by atoms with Crippen molar-refractivity contribution in [1.82, 2.24) is 10.4 Å². The first-order valence-electron chi connectivity index (χ1n) is 8.03. The molecule has 4 rings (SSSR count). The fourth-order valence-electron chi connectivity index (χ4n) is 3.07. The van der Waals surface area contributed by atoms with Crippen LogP contribution in [-0.2, 0) is 0 Å². The number of hydrazine groups is 1. The third-order valence-corrected chi connectivity index (χ3v) is 4.89. The minimum Gasteiger partial charge on any atom is -0.267 e. The lowest BCUT2D eigenvalue weighted by Gasteiger charge is -2.27. The zero-order chi connectivity index (χ0) is 20.0. The van der Waals surface area contributed by atoms with Gasteiger partial charge in [0.15, 0.2) is 0 Å². The van der Waals surface area contributed by atoms with Gasteiger partial charge in [-0.15, -0.1) is 0 Å². The number of nitrogens with one attached hydrogen (secondary N) is 1. The van der Waals surface area contributed by atoms with Crippen LogP contribution < -0.4 is 5.43 Å². The van der Waals surface area contributed by atoms with Gasteiger partial charge in [0.05, 0.1) is 16.1 Å². The summed E-state index contributed by atoms with van der Waals surface area (Å²) in [5.74, 6) is -2.19. The molecular weight excluding hydrogens is 430 g/mol. The number of non-ortho nitro benzene ring substituents is 1. The first-order valence-corrected chi connectivity index (χ1v) is 8.82. The van der Waals surface area contributed by atoms with E-state index in [9.17, 15) is 24.5 Å². The molecule has 138 valence electrons. The molecule has 3 aromatic carbocycles. The van der Waals surface area contributed by atoms with Crippen LogP contribution in [0.25, 0.3) is 10.8 Å². The molecule has 0 atom stereocenters. The van der Waals surface area contributed by atoms with Crippen LogP contribution in [0.15, 0.2) is 59.1 Å². The topological polar surface area (TPSA) is 110 Å². The number of nitro benzene ring substituents is 1. The summed E-state index contributed by atoms with van der Waals surface area (Å²) in [5.41, 5.74) is 2.42. The van der Waals surface area contributed by atoms with Crippen LogP contribution >= 0.6 is 15.9 Å². The van der Waals surface area contributed by atoms with E-state index in [1.807, 2.05) is 0 Å². The van der Waals surface area contributed by atoms with Crippen LogP contribution in [0.4, 0.5) is 5.69 Å². The Morgan fingerprint density at radius 1 is 1.00 bits per heavy atom. The quantitative estimate of drug-likeness (QED) is 0.381. The van der Waals surface area contributed by atoms with Crippen LogP contribution in [-0.4, -0.2) is 27.7 Å². The second-order valence-electron chi connectivity index (χ2n) is 6.05. The van der Waals surface area contributed by atoms with E-state index in [1.165, 1.54) is 24.3 Å². The van der Waals surface area contributed by atoms with Gasteiger partial charge >= 0.3 is 0 Å². The number of nitrogens with zero attached hydrogens (tertiary/aromatic N) is 2. The summed E-state index contributed by atoms with van der Waals surface area (Å²) in [7, 11) is 0. The van der Waals surface area contributed by atoms with Crippen molar-refractivity contribution in [2.24, 2.45) is 0 Å². The van der Waals surface area contributed by atoms with E-state index in [2.05, 4.69) is 21.4 Å². The van der Waals surface area contributed by atoms with Crippen molar-refractivity contribution in [2.75, 3.05) is 0 Å². The average Bonchev–Trinajstić information content (AvgIpc) is 2.69. The molecule has 0 bridgehead atoms. The number of amides is 3. The number of nitro groups is 1. The van der Waals surface area contributed by atoms with Crippen LogP contribution in [0.1, 0.15) is 31.1 Å². The summed E-state index contributed by atoms with van der Waals surface area (Å²) >= 11 is 3.26. The summed E-state index contributed by atoms with van der Waals surface area (Å²) in [6.07, 6.45) is 0. The lowest BCUT2D eigenvalue weighted by molar-refractivity contribution is -0.384. The van der Waals surface area contributed by atoms with E-state index in [0.29, 0.717) is 15.8 Å². The molecule has 1 N–H and O–H groups in total. The standard InChI is InChI=1S/C19H10BrN3O5/c20-12-6-4-10(5-7-12)17(24)21-22-18(25)14-3-1-2-11-8-13(23(27)28)9-15(16(11)14)19(22)26/h1-9H,(H,21,24). The van der Waals surface area contributed by atoms with Crippen molar-refractivity contribution in [3.63, 3.8) is 0 Å². The van der Waals surface area contributed by atoms with E-state index in [4.69, 9.17) is 0 Å². The van der Waals surface area contributed by atoms with Gasteiger partial charge in [-0.2, -0.15) is 5.01 Å². The smallest absolute Gasteiger partial charge is 0.267 e. The van der Waals surface area contributed by atoms with Gasteiger partial charge in [-0.1, -0.05) is 28.1 Å². The molecule has 1 aliphatic heterocycles. The van der Waals surface area contributed by atoms with E-state index in [1.54, 1.807) is 24.3 Å². The normalized spacial score (nSPS) is 13.0. The highest BCUT2D eigenvalue weighted by atomic mass is 79.9. The minimum absolute atomic E-state index is 0.0180. The predicted octanol–water partition coefficient (Wildman–Crippen LogP) is 3.45. The Kier molecular flexibility index (Phi) is 4.16. The molecule has 8 nitrogen and oxygen atoms in total. The maximum Gasteiger partial charge on any atom is 0.280 e. The Balaban J connectivity index is 1.78. The molecule has 1 aliphatic rings. The van der Waals surface area contributed by atoms with Crippen LogP contribution in [0.2, 0.25) is 0 Å². The molecule has 0 unspecified atom stereocenters. The molecule has 0 aliphatic carbocycles. The molecular formula is C19H10BrN3O5. The Morgan fingerprint density at radius 2 is 1.68 bits per heavy atom. The first kappa shape index (κ1) is 17.8. The van der Waals surface area contributed by atoms with Crippen molar-refractivity contribution in [3.8, 4) is 0 Å². The van der Waals surface area contributed by atoms with Gasteiger partial charge in [-0.3, -0.25) is 29.9 Å². The molecule has 3 amide bonds. The number of rotatable bonds is 3. The molecule has 3 aromatic rings. The Hall–Kier alpha value is -3.59. The number of carbonyl (C=O) groups is 3. The van der Waals surface area contributed by atoms with Crippen molar-refractivity contribution >= 4 is 50.1 Å². The number of hydrogen-bond donors (Lipinski definition) is 1. The van der Waals surface area contributed by atoms with Crippen LogP contribution in [0.3, 0.4) is 0 Å². The van der Waals surface area contributed by atoms with E-state index in [0.717, 1.165) is 10.5 Å². The Morgan fingerprint density at radius 3 is 2.36 bits per heavy atom. The van der Waals surface area contributed by atoms with Gasteiger partial charge in [-0.05, 0) is 35.7 Å². The fourth-order valence-corrected chi connectivity index (χ4v) is 3.33. The number of imide groups is 1. The van der Waals surface area contributed by atoms with Crippen molar-refractivity contribution < 1.29 is 19.3 Å². The molecule has 0 saturated heterocycles. The molecule has 0 radical (unpaired) electrons. The van der Waals surface area contributed by atoms with E-state index >= 15 is 0 Å². The van der Waals surface area contributed by atoms with Gasteiger partial charge in [0, 0.05) is 27.6 Å². The summed E-state index contributed by atoms with van der Waals surface area (Å²) in [6, 6.07) is 13.4. The van der Waals surface area contributed by atoms with Crippen molar-refractivity contribution in [1.29, 1.82) is 0 Å². The third-order valence-electron chi connectivity index (χ3n) is 4.36. The zero-order valence-corrected chi connectivity index (χ0v) is 15.6. The molecule has 0 fully saturated rings. The predicted molar refractivity (Wildman–Crippen MR) is 103 cm³/mol. The fraction of sp³-hybridized carbons (Fsp3) is 0. The molecule has 0 aromatic heterocycles. The van der Waals surface area contributed by atoms with Gasteiger partial charge in [-0.25, -0.2) is 0 Å². The maximum atomic E-state index is 12.9. The Bertz CT molecular complexity index is 1190. The lowest BCUT2D eigenvalue weighted by atomic mass is 9.94. The van der Waals surface area contributed by atoms with Gasteiger partial charge in [0.25, 0.3) is 23.4 Å². The number of hydrogen-bond acceptors (Lipinski definition) is 5. The van der Waals surface area contributed by atoms with Gasteiger partial charge < -0.3 is 0 Å². The van der Waals surface area contributed by atoms with E-state index < -0.39 is 22.6 Å². The monoisotopic (exact) mass is 439 g/mol. The van der Waals surface area contributed by atoms with Crippen LogP contribution in [0, 0.1) is 10.1 Å². The number of halogens is 1. The molecule has 0 spiro atoms. The molecule has 1 heterocycles. The number of benzene rings is 3. The lowest BCUT2D eigenvalue weighted by Crippen LogP contribution is -2.51. The van der Waals surface area contributed by atoms with Crippen LogP contribution in [0.5, 0.6) is 0 Å². The SMILES string of the molecule is O=C(NN1C(=O)c2cccc3cc([N+](=O)[O-])cc(c23)C1=O)c1ccc(Br)cc1. The minimum atomic E-state index is -0.831. The van der Waals surface area contributed by atoms with Gasteiger partial charge in [0.1, 0.15) is 0 Å². The highest BCUT2D eigenvalue weighted by molar-refractivity contribution is 9.10. The highest BCUT2D eigenvalue weighted by Crippen LogP contribution is 2.33. The highest BCUT2D eigenvalue weighted by Gasteiger charge is 2.35. The van der Waals surface area contributed by atoms with Crippen molar-refractivity contribution in [3.05, 3.63) is 85.9 Å². The molecule has 9 heteroatoms. The summed E-state index contributed by atoms with van der Waals surface area (Å²) < 4.78 is 0.766. The number of carbonyl (C=O) groups excluding carboxylic acids is 3.